The van der Waals surface area contributed by atoms with Gasteiger partial charge in [0.25, 0.3) is 0 Å². The zero-order chi connectivity index (χ0) is 21.5. The summed E-state index contributed by atoms with van der Waals surface area (Å²) in [5.41, 5.74) is 3.78. The number of hydrogen-bond acceptors (Lipinski definition) is 4. The Kier molecular flexibility index (Phi) is 9.30. The lowest BCUT2D eigenvalue weighted by molar-refractivity contribution is -0.138. The van der Waals surface area contributed by atoms with Gasteiger partial charge in [-0.3, -0.25) is 14.4 Å². The molecule has 1 atom stereocenters. The molecule has 2 amide bonds. The monoisotopic (exact) mass is 465 g/mol. The van der Waals surface area contributed by atoms with Gasteiger partial charge in [0.2, 0.25) is 11.8 Å². The molecule has 0 radical (unpaired) electrons. The summed E-state index contributed by atoms with van der Waals surface area (Å²) in [6.07, 6.45) is 0.668. The van der Waals surface area contributed by atoms with Crippen LogP contribution in [-0.2, 0) is 27.3 Å². The standard InChI is InChI=1S/C22H24ClN3O4.ClH/c23-17-4-1-15(2-5-17)19(12-22(29)30)26-21(28)8-7-20(27)25-18-6-3-14-9-10-24-13-16(14)11-18;/h1-6,11,19,24H,7-10,12-13H2,(H,25,27)(H,26,28)(H,29,30);1H. The molecule has 2 aromatic carbocycles. The quantitative estimate of drug-likeness (QED) is 0.477. The van der Waals surface area contributed by atoms with Gasteiger partial charge in [-0.25, -0.2) is 0 Å². The Morgan fingerprint density at radius 2 is 1.74 bits per heavy atom. The predicted molar refractivity (Wildman–Crippen MR) is 122 cm³/mol. The summed E-state index contributed by atoms with van der Waals surface area (Å²) < 4.78 is 0. The van der Waals surface area contributed by atoms with Gasteiger partial charge in [0.15, 0.2) is 0 Å². The van der Waals surface area contributed by atoms with E-state index in [0.29, 0.717) is 16.3 Å². The van der Waals surface area contributed by atoms with E-state index in [-0.39, 0.29) is 43.5 Å². The average molecular weight is 466 g/mol. The Hall–Kier alpha value is -2.61. The van der Waals surface area contributed by atoms with Gasteiger partial charge in [0.05, 0.1) is 12.5 Å². The molecule has 1 unspecified atom stereocenters. The fraction of sp³-hybridized carbons (Fsp3) is 0.318. The Labute approximate surface area is 192 Å². The van der Waals surface area contributed by atoms with Crippen LogP contribution in [0.15, 0.2) is 42.5 Å². The highest BCUT2D eigenvalue weighted by molar-refractivity contribution is 6.30. The summed E-state index contributed by atoms with van der Waals surface area (Å²) in [5, 5.41) is 18.5. The van der Waals surface area contributed by atoms with Crippen molar-refractivity contribution in [1.82, 2.24) is 10.6 Å². The lowest BCUT2D eigenvalue weighted by Crippen LogP contribution is -2.30. The summed E-state index contributed by atoms with van der Waals surface area (Å²) in [7, 11) is 0. The van der Waals surface area contributed by atoms with Gasteiger partial charge in [-0.05, 0) is 53.9 Å². The number of halogens is 2. The van der Waals surface area contributed by atoms with E-state index >= 15 is 0 Å². The third-order valence-electron chi connectivity index (χ3n) is 4.94. The molecule has 0 saturated heterocycles. The third kappa shape index (κ3) is 7.54. The van der Waals surface area contributed by atoms with Gasteiger partial charge in [-0.1, -0.05) is 29.8 Å². The second kappa shape index (κ2) is 11.7. The molecule has 166 valence electrons. The second-order valence-corrected chi connectivity index (χ2v) is 7.66. The van der Waals surface area contributed by atoms with Crippen molar-refractivity contribution in [2.24, 2.45) is 0 Å². The van der Waals surface area contributed by atoms with Crippen molar-refractivity contribution in [2.75, 3.05) is 11.9 Å². The fourth-order valence-electron chi connectivity index (χ4n) is 3.40. The number of carboxylic acid groups (broad SMARTS) is 1. The molecule has 0 spiro atoms. The first kappa shape index (κ1) is 24.7. The number of amides is 2. The van der Waals surface area contributed by atoms with Crippen LogP contribution in [0.5, 0.6) is 0 Å². The number of benzene rings is 2. The molecule has 1 aliphatic heterocycles. The van der Waals surface area contributed by atoms with Crippen molar-refractivity contribution >= 4 is 47.5 Å². The zero-order valence-electron chi connectivity index (χ0n) is 16.8. The number of fused-ring (bicyclic) bond motifs is 1. The summed E-state index contributed by atoms with van der Waals surface area (Å²) >= 11 is 5.87. The molecule has 2 aromatic rings. The third-order valence-corrected chi connectivity index (χ3v) is 5.19. The maximum Gasteiger partial charge on any atom is 0.305 e. The molecule has 1 aliphatic rings. The number of hydrogen-bond donors (Lipinski definition) is 4. The molecule has 4 N–H and O–H groups in total. The maximum absolute atomic E-state index is 12.3. The minimum absolute atomic E-state index is 0. The number of aliphatic carboxylic acids is 1. The number of carbonyl (C=O) groups is 3. The van der Waals surface area contributed by atoms with Gasteiger partial charge in [-0.2, -0.15) is 0 Å². The highest BCUT2D eigenvalue weighted by Crippen LogP contribution is 2.21. The largest absolute Gasteiger partial charge is 0.481 e. The summed E-state index contributed by atoms with van der Waals surface area (Å²) in [6, 6.07) is 11.8. The number of nitrogens with one attached hydrogen (secondary N) is 3. The molecule has 0 bridgehead atoms. The molecular weight excluding hydrogens is 441 g/mol. The maximum atomic E-state index is 12.3. The van der Waals surface area contributed by atoms with Crippen LogP contribution in [0, 0.1) is 0 Å². The first-order valence-corrected chi connectivity index (χ1v) is 10.2. The van der Waals surface area contributed by atoms with E-state index in [1.54, 1.807) is 24.3 Å². The van der Waals surface area contributed by atoms with Crippen molar-refractivity contribution in [3.8, 4) is 0 Å². The predicted octanol–water partition coefficient (Wildman–Crippen LogP) is 3.46. The van der Waals surface area contributed by atoms with Gasteiger partial charge >= 0.3 is 5.97 Å². The van der Waals surface area contributed by atoms with E-state index in [4.69, 9.17) is 16.7 Å². The summed E-state index contributed by atoms with van der Waals surface area (Å²) in [6.45, 7) is 1.73. The summed E-state index contributed by atoms with van der Waals surface area (Å²) in [5.74, 6) is -1.69. The van der Waals surface area contributed by atoms with E-state index in [0.717, 1.165) is 25.1 Å². The molecule has 0 aromatic heterocycles. The molecule has 3 rings (SSSR count). The SMILES string of the molecule is Cl.O=C(O)CC(NC(=O)CCC(=O)Nc1ccc2c(c1)CNCC2)c1ccc(Cl)cc1. The second-order valence-electron chi connectivity index (χ2n) is 7.23. The minimum Gasteiger partial charge on any atom is -0.481 e. The van der Waals surface area contributed by atoms with Crippen LogP contribution in [0.3, 0.4) is 0 Å². The van der Waals surface area contributed by atoms with Crippen molar-refractivity contribution < 1.29 is 19.5 Å². The van der Waals surface area contributed by atoms with Crippen LogP contribution in [0.4, 0.5) is 5.69 Å². The van der Waals surface area contributed by atoms with E-state index in [9.17, 15) is 14.4 Å². The topological polar surface area (TPSA) is 108 Å². The van der Waals surface area contributed by atoms with Crippen LogP contribution >= 0.6 is 24.0 Å². The molecular formula is C22H25Cl2N3O4. The molecule has 9 heteroatoms. The Morgan fingerprint density at radius 3 is 2.45 bits per heavy atom. The molecule has 31 heavy (non-hydrogen) atoms. The highest BCUT2D eigenvalue weighted by atomic mass is 35.5. The van der Waals surface area contributed by atoms with Crippen molar-refractivity contribution in [2.45, 2.75) is 38.3 Å². The number of anilines is 1. The van der Waals surface area contributed by atoms with Crippen LogP contribution in [0.1, 0.15) is 42.0 Å². The summed E-state index contributed by atoms with van der Waals surface area (Å²) in [4.78, 5) is 35.7. The lowest BCUT2D eigenvalue weighted by Gasteiger charge is -2.18. The molecule has 0 aliphatic carbocycles. The van der Waals surface area contributed by atoms with E-state index in [1.807, 2.05) is 18.2 Å². The van der Waals surface area contributed by atoms with Crippen molar-refractivity contribution in [1.29, 1.82) is 0 Å². The smallest absolute Gasteiger partial charge is 0.305 e. The van der Waals surface area contributed by atoms with Crippen LogP contribution in [0.25, 0.3) is 0 Å². The Balaban J connectivity index is 0.00000341. The van der Waals surface area contributed by atoms with E-state index < -0.39 is 12.0 Å². The molecule has 1 heterocycles. The Morgan fingerprint density at radius 1 is 1.03 bits per heavy atom. The fourth-order valence-corrected chi connectivity index (χ4v) is 3.52. The minimum atomic E-state index is -1.03. The van der Waals surface area contributed by atoms with Gasteiger partial charge in [0.1, 0.15) is 0 Å². The number of carboxylic acids is 1. The first-order chi connectivity index (χ1) is 14.4. The lowest BCUT2D eigenvalue weighted by atomic mass is 10.0. The first-order valence-electron chi connectivity index (χ1n) is 9.79. The van der Waals surface area contributed by atoms with Gasteiger partial charge < -0.3 is 21.1 Å². The molecule has 7 nitrogen and oxygen atoms in total. The van der Waals surface area contributed by atoms with Crippen molar-refractivity contribution in [3.63, 3.8) is 0 Å². The number of carbonyl (C=O) groups excluding carboxylic acids is 2. The normalized spacial score (nSPS) is 13.3. The molecule has 0 saturated carbocycles. The van der Waals surface area contributed by atoms with Gasteiger partial charge in [0, 0.05) is 30.1 Å². The average Bonchev–Trinajstić information content (AvgIpc) is 2.72. The van der Waals surface area contributed by atoms with E-state index in [2.05, 4.69) is 16.0 Å². The van der Waals surface area contributed by atoms with E-state index in [1.165, 1.54) is 5.56 Å². The highest BCUT2D eigenvalue weighted by Gasteiger charge is 2.19. The number of rotatable bonds is 8. The molecule has 0 fully saturated rings. The van der Waals surface area contributed by atoms with Gasteiger partial charge in [-0.15, -0.1) is 12.4 Å². The zero-order valence-corrected chi connectivity index (χ0v) is 18.4. The van der Waals surface area contributed by atoms with Crippen LogP contribution in [-0.4, -0.2) is 29.4 Å². The van der Waals surface area contributed by atoms with Crippen LogP contribution < -0.4 is 16.0 Å². The van der Waals surface area contributed by atoms with Crippen molar-refractivity contribution in [3.05, 3.63) is 64.2 Å². The van der Waals surface area contributed by atoms with Crippen LogP contribution in [0.2, 0.25) is 5.02 Å². The Bertz CT molecular complexity index is 935.